The van der Waals surface area contributed by atoms with Crippen molar-refractivity contribution in [2.45, 2.75) is 20.4 Å². The first-order valence-corrected chi connectivity index (χ1v) is 9.53. The van der Waals surface area contributed by atoms with E-state index in [1.54, 1.807) is 19.1 Å². The molecule has 0 fully saturated rings. The molecule has 0 aliphatic rings. The number of carbonyl (C=O) groups excluding carboxylic acids is 1. The summed E-state index contributed by atoms with van der Waals surface area (Å²) in [7, 11) is 0. The lowest BCUT2D eigenvalue weighted by molar-refractivity contribution is 0.101. The highest BCUT2D eigenvalue weighted by molar-refractivity contribution is 6.06. The third-order valence-electron chi connectivity index (χ3n) is 4.83. The van der Waals surface area contributed by atoms with Crippen LogP contribution in [0.3, 0.4) is 0 Å². The maximum atomic E-state index is 14.2. The summed E-state index contributed by atoms with van der Waals surface area (Å²) >= 11 is 0. The second-order valence-corrected chi connectivity index (χ2v) is 6.76. The number of aryl methyl sites for hydroxylation is 1. The maximum Gasteiger partial charge on any atom is 0.291 e. The Morgan fingerprint density at radius 3 is 2.57 bits per heavy atom. The number of pyridine rings is 1. The van der Waals surface area contributed by atoms with Crippen LogP contribution < -0.4 is 10.9 Å². The van der Waals surface area contributed by atoms with Crippen LogP contribution in [0.2, 0.25) is 0 Å². The van der Waals surface area contributed by atoms with Gasteiger partial charge in [0.1, 0.15) is 22.7 Å². The highest BCUT2D eigenvalue weighted by atomic mass is 19.1. The number of Topliss-reactive ketones (excluding diaryl/α,β-unsaturated/α-hetero) is 1. The van der Waals surface area contributed by atoms with Gasteiger partial charge in [-0.15, -0.1) is 0 Å². The van der Waals surface area contributed by atoms with E-state index in [1.165, 1.54) is 29.9 Å². The molecule has 2 aromatic carbocycles. The number of benzene rings is 2. The van der Waals surface area contributed by atoms with Crippen molar-refractivity contribution >= 4 is 28.1 Å². The zero-order chi connectivity index (χ0) is 21.3. The van der Waals surface area contributed by atoms with Crippen LogP contribution in [-0.2, 0) is 6.54 Å². The van der Waals surface area contributed by atoms with Crippen LogP contribution in [0.4, 0.5) is 15.8 Å². The average Bonchev–Trinajstić information content (AvgIpc) is 2.77. The van der Waals surface area contributed by atoms with Crippen LogP contribution in [0.15, 0.2) is 65.6 Å². The third kappa shape index (κ3) is 3.34. The van der Waals surface area contributed by atoms with Gasteiger partial charge >= 0.3 is 0 Å². The molecule has 4 aromatic rings. The van der Waals surface area contributed by atoms with Crippen molar-refractivity contribution in [1.29, 1.82) is 0 Å². The van der Waals surface area contributed by atoms with E-state index < -0.39 is 11.4 Å². The molecule has 7 heteroatoms. The Balaban J connectivity index is 2.00. The van der Waals surface area contributed by atoms with E-state index in [1.807, 2.05) is 30.3 Å². The van der Waals surface area contributed by atoms with Crippen LogP contribution in [0.25, 0.3) is 22.2 Å². The summed E-state index contributed by atoms with van der Waals surface area (Å²) in [5.74, 6) is -0.762. The van der Waals surface area contributed by atoms with Crippen molar-refractivity contribution in [2.75, 3.05) is 5.32 Å². The first-order chi connectivity index (χ1) is 14.5. The van der Waals surface area contributed by atoms with Gasteiger partial charge in [0.05, 0.1) is 5.56 Å². The number of ketones is 1. The molecular formula is C23H19FN4O2. The minimum Gasteiger partial charge on any atom is -0.350 e. The third-order valence-corrected chi connectivity index (χ3v) is 4.83. The van der Waals surface area contributed by atoms with Gasteiger partial charge in [0.15, 0.2) is 5.78 Å². The Morgan fingerprint density at radius 2 is 1.87 bits per heavy atom. The molecule has 0 radical (unpaired) electrons. The van der Waals surface area contributed by atoms with Gasteiger partial charge in [-0.1, -0.05) is 30.3 Å². The van der Waals surface area contributed by atoms with Gasteiger partial charge < -0.3 is 5.32 Å². The molecule has 0 unspecified atom stereocenters. The molecular weight excluding hydrogens is 383 g/mol. The molecule has 0 spiro atoms. The van der Waals surface area contributed by atoms with Gasteiger partial charge in [0, 0.05) is 29.4 Å². The number of fused-ring (bicyclic) bond motifs is 1. The average molecular weight is 402 g/mol. The van der Waals surface area contributed by atoms with E-state index in [9.17, 15) is 14.0 Å². The predicted molar refractivity (Wildman–Crippen MR) is 115 cm³/mol. The Bertz CT molecular complexity index is 1320. The highest BCUT2D eigenvalue weighted by Crippen LogP contribution is 2.30. The standard InChI is InChI=1S/C23H19FN4O2/c1-3-28-23(30)22(19(14(2)29)20(27-28)15-8-5-4-6-9-15)26-18-12-11-17(24)21-16(18)10-7-13-25-21/h4-13,26H,3H2,1-2H3. The number of anilines is 2. The topological polar surface area (TPSA) is 76.9 Å². The van der Waals surface area contributed by atoms with Gasteiger partial charge in [-0.25, -0.2) is 9.07 Å². The summed E-state index contributed by atoms with van der Waals surface area (Å²) in [5.41, 5.74) is 1.66. The van der Waals surface area contributed by atoms with Crippen molar-refractivity contribution in [3.63, 3.8) is 0 Å². The summed E-state index contributed by atoms with van der Waals surface area (Å²) in [4.78, 5) is 29.8. The Hall–Kier alpha value is -3.87. The van der Waals surface area contributed by atoms with Crippen molar-refractivity contribution in [3.05, 3.63) is 82.5 Å². The van der Waals surface area contributed by atoms with Crippen molar-refractivity contribution < 1.29 is 9.18 Å². The summed E-state index contributed by atoms with van der Waals surface area (Å²) < 4.78 is 15.5. The fourth-order valence-electron chi connectivity index (χ4n) is 3.42. The molecule has 2 heterocycles. The van der Waals surface area contributed by atoms with E-state index in [4.69, 9.17) is 0 Å². The van der Waals surface area contributed by atoms with E-state index in [2.05, 4.69) is 15.4 Å². The van der Waals surface area contributed by atoms with Crippen LogP contribution >= 0.6 is 0 Å². The zero-order valence-electron chi connectivity index (χ0n) is 16.5. The van der Waals surface area contributed by atoms with Crippen LogP contribution in [0.1, 0.15) is 24.2 Å². The summed E-state index contributed by atoms with van der Waals surface area (Å²) in [6.07, 6.45) is 1.50. The summed E-state index contributed by atoms with van der Waals surface area (Å²) in [5, 5.41) is 8.02. The predicted octanol–water partition coefficient (Wildman–Crippen LogP) is 4.56. The SMILES string of the molecule is CCn1nc(-c2ccccc2)c(C(C)=O)c(Nc2ccc(F)c3ncccc23)c1=O. The first-order valence-electron chi connectivity index (χ1n) is 9.53. The van der Waals surface area contributed by atoms with Crippen LogP contribution in [0.5, 0.6) is 0 Å². The molecule has 0 saturated heterocycles. The molecule has 6 nitrogen and oxygen atoms in total. The second kappa shape index (κ2) is 7.87. The Kier molecular flexibility index (Phi) is 5.10. The minimum absolute atomic E-state index is 0.106. The van der Waals surface area contributed by atoms with E-state index in [0.717, 1.165) is 5.56 Å². The highest BCUT2D eigenvalue weighted by Gasteiger charge is 2.22. The molecule has 2 aromatic heterocycles. The number of aromatic nitrogens is 3. The maximum absolute atomic E-state index is 14.2. The molecule has 0 aliphatic heterocycles. The van der Waals surface area contributed by atoms with E-state index in [0.29, 0.717) is 23.3 Å². The quantitative estimate of drug-likeness (QED) is 0.495. The van der Waals surface area contributed by atoms with Crippen molar-refractivity contribution in [2.24, 2.45) is 0 Å². The van der Waals surface area contributed by atoms with Crippen LogP contribution in [0, 0.1) is 5.82 Å². The molecule has 150 valence electrons. The lowest BCUT2D eigenvalue weighted by atomic mass is 10.0. The number of carbonyl (C=O) groups is 1. The smallest absolute Gasteiger partial charge is 0.291 e. The number of hydrogen-bond acceptors (Lipinski definition) is 5. The van der Waals surface area contributed by atoms with Gasteiger partial charge in [-0.05, 0) is 38.1 Å². The molecule has 1 N–H and O–H groups in total. The van der Waals surface area contributed by atoms with E-state index in [-0.39, 0.29) is 22.6 Å². The molecule has 0 bridgehead atoms. The fraction of sp³-hybridized carbons (Fsp3) is 0.130. The van der Waals surface area contributed by atoms with Gasteiger partial charge in [-0.3, -0.25) is 14.6 Å². The molecule has 0 aliphatic carbocycles. The lowest BCUT2D eigenvalue weighted by Gasteiger charge is -2.17. The summed E-state index contributed by atoms with van der Waals surface area (Å²) in [6.45, 7) is 3.53. The van der Waals surface area contributed by atoms with Gasteiger partial charge in [0.25, 0.3) is 5.56 Å². The van der Waals surface area contributed by atoms with E-state index >= 15 is 0 Å². The first kappa shape index (κ1) is 19.4. The van der Waals surface area contributed by atoms with Crippen molar-refractivity contribution in [1.82, 2.24) is 14.8 Å². The Morgan fingerprint density at radius 1 is 1.10 bits per heavy atom. The van der Waals surface area contributed by atoms with Crippen LogP contribution in [-0.4, -0.2) is 20.5 Å². The number of hydrogen-bond donors (Lipinski definition) is 1. The summed E-state index contributed by atoms with van der Waals surface area (Å²) in [6, 6.07) is 15.4. The number of nitrogens with one attached hydrogen (secondary N) is 1. The zero-order valence-corrected chi connectivity index (χ0v) is 16.5. The number of rotatable bonds is 5. The lowest BCUT2D eigenvalue weighted by Crippen LogP contribution is -2.28. The molecule has 0 saturated carbocycles. The molecule has 0 atom stereocenters. The second-order valence-electron chi connectivity index (χ2n) is 6.76. The Labute approximate surface area is 172 Å². The van der Waals surface area contributed by atoms with Gasteiger partial charge in [0.2, 0.25) is 0 Å². The number of nitrogens with zero attached hydrogens (tertiary/aromatic N) is 3. The fourth-order valence-corrected chi connectivity index (χ4v) is 3.42. The largest absolute Gasteiger partial charge is 0.350 e. The van der Waals surface area contributed by atoms with Crippen molar-refractivity contribution in [3.8, 4) is 11.3 Å². The normalized spacial score (nSPS) is 10.9. The molecule has 4 rings (SSSR count). The minimum atomic E-state index is -0.464. The monoisotopic (exact) mass is 402 g/mol. The number of halogens is 1. The molecule has 0 amide bonds. The molecule has 30 heavy (non-hydrogen) atoms. The van der Waals surface area contributed by atoms with Gasteiger partial charge in [-0.2, -0.15) is 5.10 Å².